The minimum absolute atomic E-state index is 0.0561. The maximum absolute atomic E-state index is 12.0. The molecular weight excluding hydrogens is 310 g/mol. The number of anilines is 1. The number of aryl methyl sites for hydroxylation is 1. The Morgan fingerprint density at radius 1 is 1.22 bits per heavy atom. The van der Waals surface area contributed by atoms with Crippen LogP contribution < -0.4 is 11.1 Å². The van der Waals surface area contributed by atoms with Gasteiger partial charge in [-0.05, 0) is 41.8 Å². The lowest BCUT2D eigenvalue weighted by Gasteiger charge is -2.07. The van der Waals surface area contributed by atoms with E-state index in [0.29, 0.717) is 29.1 Å². The van der Waals surface area contributed by atoms with Gasteiger partial charge in [0, 0.05) is 35.1 Å². The molecule has 0 aliphatic heterocycles. The van der Waals surface area contributed by atoms with Crippen LogP contribution in [0.15, 0.2) is 54.7 Å². The molecule has 0 aliphatic carbocycles. The fourth-order valence-corrected chi connectivity index (χ4v) is 2.36. The Labute approximate surface area is 140 Å². The third-order valence-corrected chi connectivity index (χ3v) is 3.60. The van der Waals surface area contributed by atoms with Crippen molar-refractivity contribution in [3.8, 4) is 0 Å². The van der Waals surface area contributed by atoms with Crippen LogP contribution in [0.25, 0.3) is 5.57 Å². The Hall–Kier alpha value is -2.59. The lowest BCUT2D eigenvalue weighted by Crippen LogP contribution is -2.12. The van der Waals surface area contributed by atoms with Crippen LogP contribution in [0.1, 0.15) is 17.5 Å². The summed E-state index contributed by atoms with van der Waals surface area (Å²) < 4.78 is 0. The molecule has 2 rings (SSSR count). The monoisotopic (exact) mass is 327 g/mol. The molecule has 2 aromatic carbocycles. The van der Waals surface area contributed by atoms with Crippen molar-refractivity contribution in [2.75, 3.05) is 5.32 Å². The van der Waals surface area contributed by atoms with E-state index in [-0.39, 0.29) is 5.91 Å². The van der Waals surface area contributed by atoms with Crippen LogP contribution in [-0.4, -0.2) is 12.1 Å². The first-order valence-electron chi connectivity index (χ1n) is 7.19. The lowest BCUT2D eigenvalue weighted by atomic mass is 10.1. The first-order valence-corrected chi connectivity index (χ1v) is 7.57. The number of hydrogen-bond donors (Lipinski definition) is 3. The number of amides is 1. The molecule has 2 aromatic rings. The van der Waals surface area contributed by atoms with Gasteiger partial charge in [-0.25, -0.2) is 0 Å². The van der Waals surface area contributed by atoms with Gasteiger partial charge in [0.25, 0.3) is 0 Å². The van der Waals surface area contributed by atoms with Crippen LogP contribution in [0.2, 0.25) is 5.02 Å². The summed E-state index contributed by atoms with van der Waals surface area (Å²) in [6.45, 7) is 0. The van der Waals surface area contributed by atoms with Crippen molar-refractivity contribution in [3.63, 3.8) is 0 Å². The fourth-order valence-electron chi connectivity index (χ4n) is 2.15. The van der Waals surface area contributed by atoms with Crippen molar-refractivity contribution in [2.24, 2.45) is 5.73 Å². The Bertz CT molecular complexity index is 723. The maximum atomic E-state index is 12.0. The molecule has 4 nitrogen and oxygen atoms in total. The van der Waals surface area contributed by atoms with Gasteiger partial charge in [-0.15, -0.1) is 0 Å². The molecule has 0 radical (unpaired) electrons. The number of nitrogens with two attached hydrogens (primary N) is 1. The van der Waals surface area contributed by atoms with Gasteiger partial charge >= 0.3 is 0 Å². The first-order chi connectivity index (χ1) is 11.1. The van der Waals surface area contributed by atoms with Crippen molar-refractivity contribution in [2.45, 2.75) is 12.8 Å². The summed E-state index contributed by atoms with van der Waals surface area (Å²) >= 11 is 5.92. The average molecular weight is 328 g/mol. The number of benzene rings is 2. The van der Waals surface area contributed by atoms with Gasteiger partial charge in [0.2, 0.25) is 5.91 Å². The summed E-state index contributed by atoms with van der Waals surface area (Å²) in [5.41, 5.74) is 8.66. The second-order valence-electron chi connectivity index (χ2n) is 5.02. The third-order valence-electron chi connectivity index (χ3n) is 3.37. The minimum Gasteiger partial charge on any atom is -0.404 e. The van der Waals surface area contributed by atoms with E-state index in [2.05, 4.69) is 5.32 Å². The van der Waals surface area contributed by atoms with E-state index in [9.17, 15) is 4.79 Å². The molecule has 0 aliphatic rings. The van der Waals surface area contributed by atoms with Gasteiger partial charge in [-0.1, -0.05) is 35.9 Å². The number of carbonyl (C=O) groups is 1. The van der Waals surface area contributed by atoms with Crippen LogP contribution in [0.4, 0.5) is 5.69 Å². The summed E-state index contributed by atoms with van der Waals surface area (Å²) in [5.74, 6) is -0.0561. The molecule has 0 spiro atoms. The molecule has 0 unspecified atom stereocenters. The zero-order chi connectivity index (χ0) is 16.7. The molecule has 0 atom stereocenters. The van der Waals surface area contributed by atoms with E-state index in [0.717, 1.165) is 11.1 Å². The summed E-state index contributed by atoms with van der Waals surface area (Å²) in [6.07, 6.45) is 3.60. The topological polar surface area (TPSA) is 79.0 Å². The zero-order valence-corrected chi connectivity index (χ0v) is 13.3. The summed E-state index contributed by atoms with van der Waals surface area (Å²) in [6, 6.07) is 14.7. The highest BCUT2D eigenvalue weighted by Gasteiger charge is 2.04. The first kappa shape index (κ1) is 16.8. The summed E-state index contributed by atoms with van der Waals surface area (Å²) in [4.78, 5) is 12.0. The Kier molecular flexibility index (Phi) is 5.94. The van der Waals surface area contributed by atoms with E-state index in [1.54, 1.807) is 12.1 Å². The number of allylic oxidation sites excluding steroid dienone is 1. The summed E-state index contributed by atoms with van der Waals surface area (Å²) in [5, 5.41) is 10.8. The van der Waals surface area contributed by atoms with Gasteiger partial charge in [0.1, 0.15) is 0 Å². The quantitative estimate of drug-likeness (QED) is 0.704. The molecule has 0 fully saturated rings. The smallest absolute Gasteiger partial charge is 0.224 e. The molecule has 0 aromatic heterocycles. The number of carbonyl (C=O) groups excluding carboxylic acids is 1. The van der Waals surface area contributed by atoms with Crippen molar-refractivity contribution < 1.29 is 4.79 Å². The van der Waals surface area contributed by atoms with Gasteiger partial charge in [-0.2, -0.15) is 0 Å². The molecule has 0 heterocycles. The van der Waals surface area contributed by atoms with Crippen LogP contribution in [0.3, 0.4) is 0 Å². The molecular formula is C18H18ClN3O. The van der Waals surface area contributed by atoms with Gasteiger partial charge in [0.15, 0.2) is 0 Å². The predicted octanol–water partition coefficient (Wildman–Crippen LogP) is 3.86. The molecule has 4 N–H and O–H groups in total. The molecule has 0 bridgehead atoms. The number of hydrogen-bond acceptors (Lipinski definition) is 3. The van der Waals surface area contributed by atoms with E-state index < -0.39 is 0 Å². The Balaban J connectivity index is 1.91. The summed E-state index contributed by atoms with van der Waals surface area (Å²) in [7, 11) is 0. The maximum Gasteiger partial charge on any atom is 0.224 e. The van der Waals surface area contributed by atoms with Crippen LogP contribution in [0, 0.1) is 5.41 Å². The zero-order valence-electron chi connectivity index (χ0n) is 12.6. The second kappa shape index (κ2) is 8.15. The van der Waals surface area contributed by atoms with E-state index in [4.69, 9.17) is 22.7 Å². The molecule has 5 heteroatoms. The molecule has 1 amide bonds. The standard InChI is InChI=1S/C18H18ClN3O/c19-16-3-1-2-13(10-16)4-9-18(23)22-17-7-5-14(6-8-17)15(11-20)12-21/h1-3,5-8,10-12,20H,4,9,21H2,(H,22,23)/b15-12+,20-11?. The number of nitrogens with one attached hydrogen (secondary N) is 2. The second-order valence-corrected chi connectivity index (χ2v) is 5.46. The van der Waals surface area contributed by atoms with Crippen molar-refractivity contribution >= 4 is 35.0 Å². The third kappa shape index (κ3) is 4.97. The largest absolute Gasteiger partial charge is 0.404 e. The Morgan fingerprint density at radius 3 is 2.57 bits per heavy atom. The van der Waals surface area contributed by atoms with Crippen molar-refractivity contribution in [1.82, 2.24) is 0 Å². The van der Waals surface area contributed by atoms with E-state index in [1.165, 1.54) is 12.4 Å². The van der Waals surface area contributed by atoms with Crippen molar-refractivity contribution in [1.29, 1.82) is 5.41 Å². The molecule has 0 saturated carbocycles. The fraction of sp³-hybridized carbons (Fsp3) is 0.111. The molecule has 118 valence electrons. The lowest BCUT2D eigenvalue weighted by molar-refractivity contribution is -0.116. The van der Waals surface area contributed by atoms with Crippen molar-refractivity contribution in [3.05, 3.63) is 70.9 Å². The molecule has 23 heavy (non-hydrogen) atoms. The highest BCUT2D eigenvalue weighted by Crippen LogP contribution is 2.16. The molecule has 0 saturated heterocycles. The SMILES string of the molecule is N=C/C(=C\N)c1ccc(NC(=O)CCc2cccc(Cl)c2)cc1. The highest BCUT2D eigenvalue weighted by atomic mass is 35.5. The normalized spacial score (nSPS) is 11.1. The van der Waals surface area contributed by atoms with Gasteiger partial charge in [-0.3, -0.25) is 4.79 Å². The van der Waals surface area contributed by atoms with Crippen LogP contribution >= 0.6 is 11.6 Å². The van der Waals surface area contributed by atoms with E-state index in [1.807, 2.05) is 36.4 Å². The number of rotatable bonds is 6. The minimum atomic E-state index is -0.0561. The highest BCUT2D eigenvalue weighted by molar-refractivity contribution is 6.30. The van der Waals surface area contributed by atoms with E-state index >= 15 is 0 Å². The van der Waals surface area contributed by atoms with Gasteiger partial charge in [0.05, 0.1) is 0 Å². The van der Waals surface area contributed by atoms with Gasteiger partial charge < -0.3 is 16.5 Å². The number of halogens is 1. The van der Waals surface area contributed by atoms with Crippen LogP contribution in [-0.2, 0) is 11.2 Å². The van der Waals surface area contributed by atoms with Crippen LogP contribution in [0.5, 0.6) is 0 Å². The Morgan fingerprint density at radius 2 is 1.96 bits per heavy atom. The predicted molar refractivity (Wildman–Crippen MR) is 95.8 cm³/mol. The average Bonchev–Trinajstić information content (AvgIpc) is 2.56.